The molecule has 3 heterocycles. The van der Waals surface area contributed by atoms with E-state index < -0.39 is 11.6 Å². The molecular formula is C24H26FN5O4S. The highest BCUT2D eigenvalue weighted by molar-refractivity contribution is 7.17. The molecule has 1 saturated heterocycles. The van der Waals surface area contributed by atoms with Crippen molar-refractivity contribution in [1.82, 2.24) is 14.8 Å². The van der Waals surface area contributed by atoms with Crippen molar-refractivity contribution in [3.05, 3.63) is 71.6 Å². The fraction of sp³-hybridized carbons (Fsp3) is 0.333. The van der Waals surface area contributed by atoms with Crippen LogP contribution in [0.4, 0.5) is 9.52 Å². The molecule has 3 aromatic rings. The van der Waals surface area contributed by atoms with E-state index in [1.54, 1.807) is 4.90 Å². The highest BCUT2D eigenvalue weighted by Crippen LogP contribution is 2.31. The van der Waals surface area contributed by atoms with Gasteiger partial charge in [0.2, 0.25) is 11.0 Å². The molecule has 0 bridgehead atoms. The predicted molar refractivity (Wildman–Crippen MR) is 129 cm³/mol. The maximum absolute atomic E-state index is 13.1. The molecule has 4 rings (SSSR count). The number of rotatable bonds is 6. The van der Waals surface area contributed by atoms with Gasteiger partial charge in [-0.15, -0.1) is 0 Å². The second kappa shape index (κ2) is 9.96. The van der Waals surface area contributed by atoms with Crippen molar-refractivity contribution >= 4 is 28.3 Å². The number of carbonyl (C=O) groups excluding carboxylic acids is 2. The van der Waals surface area contributed by atoms with Crippen LogP contribution in [0.1, 0.15) is 31.1 Å². The van der Waals surface area contributed by atoms with Crippen molar-refractivity contribution in [1.29, 1.82) is 0 Å². The van der Waals surface area contributed by atoms with E-state index in [2.05, 4.69) is 10.3 Å². The number of thiazole rings is 1. The number of hydrogen-bond donors (Lipinski definition) is 1. The first-order chi connectivity index (χ1) is 16.6. The lowest BCUT2D eigenvalue weighted by Gasteiger charge is -2.48. The predicted octanol–water partition coefficient (Wildman–Crippen LogP) is 3.27. The number of ether oxygens (including phenoxy) is 1. The molecule has 35 heavy (non-hydrogen) atoms. The number of halogens is 1. The molecule has 1 N–H and O–H groups in total. The number of aromatic nitrogens is 2. The zero-order chi connectivity index (χ0) is 25.2. The van der Waals surface area contributed by atoms with E-state index in [4.69, 9.17) is 4.74 Å². The number of pyridine rings is 1. The molecule has 0 saturated carbocycles. The molecule has 1 fully saturated rings. The molecule has 9 nitrogen and oxygen atoms in total. The second-order valence-electron chi connectivity index (χ2n) is 8.89. The number of piperazine rings is 1. The summed E-state index contributed by atoms with van der Waals surface area (Å²) in [5.74, 6) is -0.247. The van der Waals surface area contributed by atoms with Gasteiger partial charge in [-0.25, -0.2) is 9.37 Å². The van der Waals surface area contributed by atoms with E-state index >= 15 is 0 Å². The fourth-order valence-corrected chi connectivity index (χ4v) is 4.66. The molecule has 0 spiro atoms. The lowest BCUT2D eigenvalue weighted by Crippen LogP contribution is -2.63. The van der Waals surface area contributed by atoms with Crippen molar-refractivity contribution in [3.63, 3.8) is 0 Å². The maximum atomic E-state index is 13.1. The standard InChI is InChI=1S/C24H26FN5O4S/c1-16(21(31)27-23-26-14-20(35-23)34-19-6-4-18(25)5-7-19)28-12-13-30(24(2,3)15-28)22(32)17-8-10-29(33)11-9-17/h4-11,14,16H,12-13,15H2,1-3H3,(H,26,27,31)/t16-/m0/s1. The van der Waals surface area contributed by atoms with Crippen LogP contribution in [0.2, 0.25) is 0 Å². The Bertz CT molecular complexity index is 1200. The van der Waals surface area contributed by atoms with Crippen LogP contribution >= 0.6 is 11.3 Å². The minimum atomic E-state index is -0.523. The van der Waals surface area contributed by atoms with Crippen molar-refractivity contribution in [3.8, 4) is 10.8 Å². The number of carbonyl (C=O) groups is 2. The van der Waals surface area contributed by atoms with Gasteiger partial charge in [-0.1, -0.05) is 11.3 Å². The van der Waals surface area contributed by atoms with Crippen LogP contribution in [0.15, 0.2) is 55.0 Å². The van der Waals surface area contributed by atoms with Crippen LogP contribution in [0.3, 0.4) is 0 Å². The van der Waals surface area contributed by atoms with Gasteiger partial charge in [-0.3, -0.25) is 14.5 Å². The number of anilines is 1. The summed E-state index contributed by atoms with van der Waals surface area (Å²) in [4.78, 5) is 33.9. The van der Waals surface area contributed by atoms with Gasteiger partial charge >= 0.3 is 0 Å². The Kier molecular flexibility index (Phi) is 6.99. The molecule has 1 atom stereocenters. The Labute approximate surface area is 206 Å². The first kappa shape index (κ1) is 24.6. The Balaban J connectivity index is 1.35. The summed E-state index contributed by atoms with van der Waals surface area (Å²) in [6.07, 6.45) is 4.11. The average Bonchev–Trinajstić information content (AvgIpc) is 3.26. The van der Waals surface area contributed by atoms with Crippen LogP contribution in [0.25, 0.3) is 0 Å². The van der Waals surface area contributed by atoms with Gasteiger partial charge in [0, 0.05) is 31.8 Å². The van der Waals surface area contributed by atoms with Crippen LogP contribution in [-0.4, -0.2) is 57.8 Å². The Morgan fingerprint density at radius 3 is 2.54 bits per heavy atom. The van der Waals surface area contributed by atoms with Crippen molar-refractivity contribution in [2.24, 2.45) is 0 Å². The number of nitrogens with one attached hydrogen (secondary N) is 1. The van der Waals surface area contributed by atoms with Gasteiger partial charge in [0.25, 0.3) is 5.91 Å². The van der Waals surface area contributed by atoms with Gasteiger partial charge in [-0.05, 0) is 45.0 Å². The van der Waals surface area contributed by atoms with E-state index in [9.17, 15) is 19.2 Å². The summed E-state index contributed by atoms with van der Waals surface area (Å²) in [7, 11) is 0. The van der Waals surface area contributed by atoms with Gasteiger partial charge in [0.15, 0.2) is 17.5 Å². The van der Waals surface area contributed by atoms with Crippen molar-refractivity contribution < 1.29 is 23.4 Å². The van der Waals surface area contributed by atoms with Crippen LogP contribution in [0.5, 0.6) is 10.8 Å². The van der Waals surface area contributed by atoms with Gasteiger partial charge in [0.1, 0.15) is 11.6 Å². The Morgan fingerprint density at radius 2 is 1.89 bits per heavy atom. The minimum Gasteiger partial charge on any atom is -0.619 e. The second-order valence-corrected chi connectivity index (χ2v) is 9.89. The number of benzene rings is 1. The van der Waals surface area contributed by atoms with E-state index in [-0.39, 0.29) is 17.6 Å². The molecule has 1 aliphatic rings. The maximum Gasteiger partial charge on any atom is 0.254 e. The van der Waals surface area contributed by atoms with E-state index in [1.807, 2.05) is 25.7 Å². The Hall–Kier alpha value is -3.57. The SMILES string of the molecule is C[C@@H](C(=O)Nc1ncc(Oc2ccc(F)cc2)s1)N1CCN(C(=O)c2cc[n+]([O-])cc2)C(C)(C)C1. The highest BCUT2D eigenvalue weighted by atomic mass is 32.1. The van der Waals surface area contributed by atoms with Crippen LogP contribution < -0.4 is 14.8 Å². The summed E-state index contributed by atoms with van der Waals surface area (Å²) >= 11 is 1.17. The molecule has 184 valence electrons. The molecule has 0 unspecified atom stereocenters. The van der Waals surface area contributed by atoms with Crippen LogP contribution in [-0.2, 0) is 4.79 Å². The molecule has 0 radical (unpaired) electrons. The summed E-state index contributed by atoms with van der Waals surface area (Å²) < 4.78 is 19.3. The molecule has 0 aliphatic carbocycles. The third-order valence-electron chi connectivity index (χ3n) is 5.90. The molecule has 2 aromatic heterocycles. The third kappa shape index (κ3) is 5.75. The Morgan fingerprint density at radius 1 is 1.20 bits per heavy atom. The first-order valence-corrected chi connectivity index (χ1v) is 11.9. The summed E-state index contributed by atoms with van der Waals surface area (Å²) in [5.41, 5.74) is -0.0725. The number of amides is 2. The molecule has 1 aliphatic heterocycles. The highest BCUT2D eigenvalue weighted by Gasteiger charge is 2.39. The quantitative estimate of drug-likeness (QED) is 0.413. The van der Waals surface area contributed by atoms with E-state index in [0.717, 1.165) is 0 Å². The monoisotopic (exact) mass is 499 g/mol. The largest absolute Gasteiger partial charge is 0.619 e. The number of nitrogens with zero attached hydrogens (tertiary/aromatic N) is 4. The molecular weight excluding hydrogens is 473 g/mol. The summed E-state index contributed by atoms with van der Waals surface area (Å²) in [5, 5.41) is 15.0. The van der Waals surface area contributed by atoms with E-state index in [1.165, 1.54) is 66.3 Å². The summed E-state index contributed by atoms with van der Waals surface area (Å²) in [6.45, 7) is 7.20. The van der Waals surface area contributed by atoms with Gasteiger partial charge < -0.3 is 20.2 Å². The summed E-state index contributed by atoms with van der Waals surface area (Å²) in [6, 6.07) is 8.20. The first-order valence-electron chi connectivity index (χ1n) is 11.1. The lowest BCUT2D eigenvalue weighted by molar-refractivity contribution is -0.605. The van der Waals surface area contributed by atoms with Gasteiger partial charge in [-0.2, -0.15) is 4.73 Å². The molecule has 11 heteroatoms. The zero-order valence-corrected chi connectivity index (χ0v) is 20.4. The third-order valence-corrected chi connectivity index (χ3v) is 6.69. The van der Waals surface area contributed by atoms with E-state index in [0.29, 0.717) is 45.9 Å². The lowest BCUT2D eigenvalue weighted by atomic mass is 9.96. The topological polar surface area (TPSA) is 102 Å². The average molecular weight is 500 g/mol. The minimum absolute atomic E-state index is 0.149. The molecule has 2 amide bonds. The van der Waals surface area contributed by atoms with Gasteiger partial charge in [0.05, 0.1) is 23.3 Å². The normalized spacial score (nSPS) is 16.5. The van der Waals surface area contributed by atoms with Crippen molar-refractivity contribution in [2.75, 3.05) is 25.0 Å². The van der Waals surface area contributed by atoms with Crippen LogP contribution in [0, 0.1) is 11.0 Å². The zero-order valence-electron chi connectivity index (χ0n) is 19.6. The smallest absolute Gasteiger partial charge is 0.254 e. The fourth-order valence-electron chi connectivity index (χ4n) is 3.97. The molecule has 1 aromatic carbocycles. The van der Waals surface area contributed by atoms with Crippen molar-refractivity contribution in [2.45, 2.75) is 32.4 Å². The number of hydrogen-bond acceptors (Lipinski definition) is 7.